The molecule has 0 atom stereocenters. The maximum atomic E-state index is 11.6. The molecule has 1 aromatic heterocycles. The summed E-state index contributed by atoms with van der Waals surface area (Å²) in [4.78, 5) is 15.8. The van der Waals surface area contributed by atoms with Crippen LogP contribution in [0.25, 0.3) is 11.3 Å². The lowest BCUT2D eigenvalue weighted by atomic mass is 10.0. The monoisotopic (exact) mass is 296 g/mol. The molecular weight excluding hydrogens is 287 g/mol. The van der Waals surface area contributed by atoms with Gasteiger partial charge >= 0.3 is 5.97 Å². The number of ether oxygens (including phenoxy) is 1. The molecule has 2 N–H and O–H groups in total. The Hall–Kier alpha value is -1.78. The normalized spacial score (nSPS) is 10.3. The van der Waals surface area contributed by atoms with Crippen LogP contribution in [0.2, 0.25) is 10.0 Å². The second-order valence-corrected chi connectivity index (χ2v) is 4.52. The van der Waals surface area contributed by atoms with Crippen molar-refractivity contribution in [1.82, 2.24) is 4.98 Å². The standard InChI is InChI=1S/C13H10Cl2N2O2/c1-19-13(18)7-4-5-8(14)10(11(7)16)12-9(15)3-2-6-17-12/h2-6H,16H2,1H3. The van der Waals surface area contributed by atoms with E-state index in [1.165, 1.54) is 13.2 Å². The van der Waals surface area contributed by atoms with Crippen LogP contribution in [0.15, 0.2) is 30.5 Å². The lowest BCUT2D eigenvalue weighted by Gasteiger charge is -2.12. The van der Waals surface area contributed by atoms with E-state index in [0.29, 0.717) is 21.3 Å². The van der Waals surface area contributed by atoms with Gasteiger partial charge < -0.3 is 10.5 Å². The SMILES string of the molecule is COC(=O)c1ccc(Cl)c(-c2ncccc2Cl)c1N. The van der Waals surface area contributed by atoms with Gasteiger partial charge in [-0.1, -0.05) is 23.2 Å². The summed E-state index contributed by atoms with van der Waals surface area (Å²) in [6.07, 6.45) is 1.57. The third-order valence-corrected chi connectivity index (χ3v) is 3.22. The zero-order chi connectivity index (χ0) is 14.0. The topological polar surface area (TPSA) is 65.2 Å². The number of hydrogen-bond donors (Lipinski definition) is 1. The predicted molar refractivity (Wildman–Crippen MR) is 75.4 cm³/mol. The minimum absolute atomic E-state index is 0.194. The number of nitrogens with two attached hydrogens (primary N) is 1. The molecule has 6 heteroatoms. The molecule has 0 spiro atoms. The molecule has 0 aliphatic rings. The highest BCUT2D eigenvalue weighted by atomic mass is 35.5. The minimum atomic E-state index is -0.539. The van der Waals surface area contributed by atoms with Crippen LogP contribution in [0.5, 0.6) is 0 Å². The summed E-state index contributed by atoms with van der Waals surface area (Å²) >= 11 is 12.2. The molecule has 0 unspecified atom stereocenters. The number of nitrogen functional groups attached to an aromatic ring is 1. The fourth-order valence-corrected chi connectivity index (χ4v) is 2.16. The third-order valence-electron chi connectivity index (χ3n) is 2.60. The van der Waals surface area contributed by atoms with Crippen LogP contribution in [0.4, 0.5) is 5.69 Å². The summed E-state index contributed by atoms with van der Waals surface area (Å²) in [5, 5.41) is 0.767. The van der Waals surface area contributed by atoms with Gasteiger partial charge in [-0.3, -0.25) is 4.98 Å². The van der Waals surface area contributed by atoms with Gasteiger partial charge in [0, 0.05) is 11.8 Å². The fraction of sp³-hybridized carbons (Fsp3) is 0.0769. The number of methoxy groups -OCH3 is 1. The number of hydrogen-bond acceptors (Lipinski definition) is 4. The van der Waals surface area contributed by atoms with Gasteiger partial charge in [0.1, 0.15) is 0 Å². The van der Waals surface area contributed by atoms with Crippen LogP contribution in [0, 0.1) is 0 Å². The summed E-state index contributed by atoms with van der Waals surface area (Å²) in [6, 6.07) is 6.43. The number of pyridine rings is 1. The molecule has 19 heavy (non-hydrogen) atoms. The number of rotatable bonds is 2. The zero-order valence-electron chi connectivity index (χ0n) is 9.98. The average molecular weight is 297 g/mol. The van der Waals surface area contributed by atoms with Crippen LogP contribution >= 0.6 is 23.2 Å². The van der Waals surface area contributed by atoms with Crippen molar-refractivity contribution in [3.63, 3.8) is 0 Å². The van der Waals surface area contributed by atoms with Crippen molar-refractivity contribution >= 4 is 34.9 Å². The van der Waals surface area contributed by atoms with Gasteiger partial charge in [-0.15, -0.1) is 0 Å². The van der Waals surface area contributed by atoms with E-state index in [2.05, 4.69) is 9.72 Å². The van der Waals surface area contributed by atoms with E-state index < -0.39 is 5.97 Å². The van der Waals surface area contributed by atoms with Gasteiger partial charge in [-0.05, 0) is 24.3 Å². The Morgan fingerprint density at radius 2 is 2.00 bits per heavy atom. The Labute approximate surface area is 120 Å². The highest BCUT2D eigenvalue weighted by molar-refractivity contribution is 6.37. The number of aromatic nitrogens is 1. The Morgan fingerprint density at radius 3 is 2.63 bits per heavy atom. The molecule has 1 aromatic carbocycles. The summed E-state index contributed by atoms with van der Waals surface area (Å²) in [6.45, 7) is 0. The van der Waals surface area contributed by atoms with Gasteiger partial charge in [0.15, 0.2) is 0 Å². The van der Waals surface area contributed by atoms with E-state index in [1.807, 2.05) is 0 Å². The van der Waals surface area contributed by atoms with Crippen molar-refractivity contribution in [1.29, 1.82) is 0 Å². The number of benzene rings is 1. The molecule has 0 aliphatic heterocycles. The van der Waals surface area contributed by atoms with Crippen molar-refractivity contribution < 1.29 is 9.53 Å². The van der Waals surface area contributed by atoms with E-state index in [1.54, 1.807) is 24.4 Å². The highest BCUT2D eigenvalue weighted by Gasteiger charge is 2.19. The number of halogens is 2. The van der Waals surface area contributed by atoms with Crippen LogP contribution in [0.1, 0.15) is 10.4 Å². The predicted octanol–water partition coefficient (Wildman–Crippen LogP) is 3.42. The largest absolute Gasteiger partial charge is 0.465 e. The molecule has 0 saturated carbocycles. The van der Waals surface area contributed by atoms with Crippen molar-refractivity contribution in [3.8, 4) is 11.3 Å². The molecule has 2 aromatic rings. The van der Waals surface area contributed by atoms with Gasteiger partial charge in [0.05, 0.1) is 34.1 Å². The summed E-state index contributed by atoms with van der Waals surface area (Å²) in [5.74, 6) is -0.539. The van der Waals surface area contributed by atoms with Crippen LogP contribution in [0.3, 0.4) is 0 Å². The van der Waals surface area contributed by atoms with Gasteiger partial charge in [0.2, 0.25) is 0 Å². The molecule has 1 heterocycles. The van der Waals surface area contributed by atoms with Gasteiger partial charge in [-0.2, -0.15) is 0 Å². The van der Waals surface area contributed by atoms with Crippen molar-refractivity contribution in [3.05, 3.63) is 46.1 Å². The Morgan fingerprint density at radius 1 is 1.26 bits per heavy atom. The molecule has 0 saturated heterocycles. The smallest absolute Gasteiger partial charge is 0.339 e. The fourth-order valence-electron chi connectivity index (χ4n) is 1.69. The van der Waals surface area contributed by atoms with Crippen LogP contribution < -0.4 is 5.73 Å². The zero-order valence-corrected chi connectivity index (χ0v) is 11.5. The summed E-state index contributed by atoms with van der Waals surface area (Å²) in [7, 11) is 1.28. The maximum Gasteiger partial charge on any atom is 0.339 e. The Kier molecular flexibility index (Phi) is 3.93. The molecule has 0 amide bonds. The molecule has 98 valence electrons. The molecule has 0 aliphatic carbocycles. The Balaban J connectivity index is 2.70. The van der Waals surface area contributed by atoms with Gasteiger partial charge in [-0.25, -0.2) is 4.79 Å². The van der Waals surface area contributed by atoms with Crippen molar-refractivity contribution in [2.45, 2.75) is 0 Å². The maximum absolute atomic E-state index is 11.6. The molecule has 0 bridgehead atoms. The number of carbonyl (C=O) groups excluding carboxylic acids is 1. The van der Waals surface area contributed by atoms with Gasteiger partial charge in [0.25, 0.3) is 0 Å². The molecule has 4 nitrogen and oxygen atoms in total. The first kappa shape index (κ1) is 13.6. The number of nitrogens with zero attached hydrogens (tertiary/aromatic N) is 1. The van der Waals surface area contributed by atoms with E-state index in [-0.39, 0.29) is 11.3 Å². The highest BCUT2D eigenvalue weighted by Crippen LogP contribution is 2.37. The van der Waals surface area contributed by atoms with E-state index >= 15 is 0 Å². The van der Waals surface area contributed by atoms with Crippen molar-refractivity contribution in [2.24, 2.45) is 0 Å². The van der Waals surface area contributed by atoms with E-state index in [0.717, 1.165) is 0 Å². The first-order valence-electron chi connectivity index (χ1n) is 5.33. The van der Waals surface area contributed by atoms with Crippen LogP contribution in [-0.4, -0.2) is 18.1 Å². The second kappa shape index (κ2) is 5.47. The first-order chi connectivity index (χ1) is 9.06. The molecule has 0 fully saturated rings. The summed E-state index contributed by atoms with van der Waals surface area (Å²) in [5.41, 5.74) is 7.25. The quantitative estimate of drug-likeness (QED) is 0.681. The third kappa shape index (κ3) is 2.50. The Bertz CT molecular complexity index is 645. The minimum Gasteiger partial charge on any atom is -0.465 e. The number of carbonyl (C=O) groups is 1. The lowest BCUT2D eigenvalue weighted by molar-refractivity contribution is 0.0602. The van der Waals surface area contributed by atoms with E-state index in [4.69, 9.17) is 28.9 Å². The molecular formula is C13H10Cl2N2O2. The van der Waals surface area contributed by atoms with Crippen molar-refractivity contribution in [2.75, 3.05) is 12.8 Å². The lowest BCUT2D eigenvalue weighted by Crippen LogP contribution is -2.07. The second-order valence-electron chi connectivity index (χ2n) is 3.71. The first-order valence-corrected chi connectivity index (χ1v) is 6.09. The molecule has 0 radical (unpaired) electrons. The van der Waals surface area contributed by atoms with Crippen LogP contribution in [-0.2, 0) is 4.74 Å². The average Bonchev–Trinajstić information content (AvgIpc) is 2.40. The number of anilines is 1. The number of esters is 1. The molecule has 2 rings (SSSR count). The summed E-state index contributed by atoms with van der Waals surface area (Å²) < 4.78 is 4.66. The van der Waals surface area contributed by atoms with E-state index in [9.17, 15) is 4.79 Å².